The van der Waals surface area contributed by atoms with Crippen LogP contribution in [-0.4, -0.2) is 13.7 Å². The number of hydrogen-bond acceptors (Lipinski definition) is 3. The predicted molar refractivity (Wildman–Crippen MR) is 170 cm³/mol. The van der Waals surface area contributed by atoms with Crippen LogP contribution in [0.25, 0.3) is 22.3 Å². The average molecular weight is 546 g/mol. The molecule has 0 N–H and O–H groups in total. The van der Waals surface area contributed by atoms with Crippen LogP contribution in [0.5, 0.6) is 5.75 Å². The fourth-order valence-electron chi connectivity index (χ4n) is 6.90. The smallest absolute Gasteiger partial charge is 0.142 e. The number of hydrogen-bond donors (Lipinski definition) is 0. The molecule has 0 spiro atoms. The molecule has 4 aromatic carbocycles. The summed E-state index contributed by atoms with van der Waals surface area (Å²) >= 11 is 0. The van der Waals surface area contributed by atoms with E-state index in [0.29, 0.717) is 6.61 Å². The summed E-state index contributed by atoms with van der Waals surface area (Å²) in [5, 5.41) is 0. The Bertz CT molecular complexity index is 1430. The van der Waals surface area contributed by atoms with Crippen molar-refractivity contribution >= 4 is 5.69 Å². The number of benzene rings is 4. The maximum absolute atomic E-state index is 6.44. The first-order valence-electron chi connectivity index (χ1n) is 15.6. The van der Waals surface area contributed by atoms with Crippen LogP contribution in [0.4, 0.5) is 5.69 Å². The maximum Gasteiger partial charge on any atom is 0.142 e. The third-order valence-electron chi connectivity index (χ3n) is 8.83. The third-order valence-corrected chi connectivity index (χ3v) is 8.83. The number of ether oxygens (including phenoxy) is 2. The van der Waals surface area contributed by atoms with Crippen LogP contribution in [0.1, 0.15) is 73.6 Å². The Morgan fingerprint density at radius 3 is 1.85 bits per heavy atom. The molecule has 0 radical (unpaired) electrons. The van der Waals surface area contributed by atoms with E-state index in [2.05, 4.69) is 89.8 Å². The summed E-state index contributed by atoms with van der Waals surface area (Å²) in [7, 11) is 1.84. The quantitative estimate of drug-likeness (QED) is 0.255. The van der Waals surface area contributed by atoms with Crippen molar-refractivity contribution in [1.82, 2.24) is 0 Å². The summed E-state index contributed by atoms with van der Waals surface area (Å²) in [4.78, 5) is 2.53. The fraction of sp³-hybridized carbons (Fsp3) is 0.368. The number of rotatable bonds is 4. The van der Waals surface area contributed by atoms with Gasteiger partial charge in [-0.25, -0.2) is 0 Å². The minimum atomic E-state index is 0.617. The van der Waals surface area contributed by atoms with Gasteiger partial charge in [0.25, 0.3) is 0 Å². The lowest BCUT2D eigenvalue weighted by Crippen LogP contribution is -2.16. The highest BCUT2D eigenvalue weighted by atomic mass is 16.5. The average Bonchev–Trinajstić information content (AvgIpc) is 3.45. The zero-order valence-electron chi connectivity index (χ0n) is 24.5. The highest BCUT2D eigenvalue weighted by Crippen LogP contribution is 2.47. The van der Waals surface area contributed by atoms with Gasteiger partial charge in [0.1, 0.15) is 5.75 Å². The molecule has 6 rings (SSSR count). The molecule has 3 nitrogen and oxygen atoms in total. The van der Waals surface area contributed by atoms with Crippen molar-refractivity contribution in [3.05, 3.63) is 107 Å². The molecular formula is C38H43NO2. The molecule has 41 heavy (non-hydrogen) atoms. The van der Waals surface area contributed by atoms with E-state index in [1.807, 2.05) is 7.11 Å². The fourth-order valence-corrected chi connectivity index (χ4v) is 6.90. The largest absolute Gasteiger partial charge is 0.491 e. The standard InChI is InChI=1S/C38H43NO2/c1-40-28-34-31-22-14-6-4-2-3-5-7-17-25-41-36-24-16-15-23-35(36)39-26-32(37(31)29-18-10-8-11-19-29)33(27-39)38(34)30-20-12-9-13-21-30/h8-13,15-16,18-21,23-24H,2-7,14,17,22,25-28H2,1H3. The number of fused-ring (bicyclic) bond motifs is 4. The summed E-state index contributed by atoms with van der Waals surface area (Å²) in [6, 6.07) is 30.7. The molecule has 0 fully saturated rings. The normalized spacial score (nSPS) is 16.1. The van der Waals surface area contributed by atoms with Crippen LogP contribution >= 0.6 is 0 Å². The molecule has 3 heteroatoms. The van der Waals surface area contributed by atoms with Crippen LogP contribution in [0.2, 0.25) is 0 Å². The van der Waals surface area contributed by atoms with Crippen molar-refractivity contribution in [2.75, 3.05) is 18.6 Å². The van der Waals surface area contributed by atoms with Gasteiger partial charge < -0.3 is 14.4 Å². The zero-order valence-corrected chi connectivity index (χ0v) is 24.5. The molecule has 0 aliphatic carbocycles. The second-order valence-electron chi connectivity index (χ2n) is 11.6. The van der Waals surface area contributed by atoms with Gasteiger partial charge in [-0.1, -0.05) is 111 Å². The van der Waals surface area contributed by atoms with Gasteiger partial charge in [0.05, 0.1) is 18.9 Å². The first kappa shape index (κ1) is 27.6. The second kappa shape index (κ2) is 13.4. The molecule has 0 atom stereocenters. The molecule has 3 bridgehead atoms. The van der Waals surface area contributed by atoms with E-state index in [1.165, 1.54) is 95.1 Å². The van der Waals surface area contributed by atoms with Crippen molar-refractivity contribution in [2.45, 2.75) is 77.5 Å². The van der Waals surface area contributed by atoms with Gasteiger partial charge in [-0.3, -0.25) is 0 Å². The van der Waals surface area contributed by atoms with Crippen LogP contribution in [0.3, 0.4) is 0 Å². The van der Waals surface area contributed by atoms with Gasteiger partial charge in [0.15, 0.2) is 0 Å². The van der Waals surface area contributed by atoms with E-state index >= 15 is 0 Å². The zero-order chi connectivity index (χ0) is 27.9. The van der Waals surface area contributed by atoms with Crippen molar-refractivity contribution in [1.29, 1.82) is 0 Å². The molecular weight excluding hydrogens is 502 g/mol. The highest BCUT2D eigenvalue weighted by Gasteiger charge is 2.32. The molecule has 2 aliphatic heterocycles. The third kappa shape index (κ3) is 6.06. The van der Waals surface area contributed by atoms with Crippen LogP contribution in [0.15, 0.2) is 84.9 Å². The van der Waals surface area contributed by atoms with E-state index in [4.69, 9.17) is 9.47 Å². The van der Waals surface area contributed by atoms with E-state index in [-0.39, 0.29) is 0 Å². The maximum atomic E-state index is 6.44. The van der Waals surface area contributed by atoms with Gasteiger partial charge in [-0.05, 0) is 75.9 Å². The van der Waals surface area contributed by atoms with Crippen LogP contribution < -0.4 is 9.64 Å². The summed E-state index contributed by atoms with van der Waals surface area (Å²) < 4.78 is 12.4. The first-order chi connectivity index (χ1) is 20.3. The number of nitrogens with zero attached hydrogens (tertiary/aromatic N) is 1. The Morgan fingerprint density at radius 2 is 1.17 bits per heavy atom. The Balaban J connectivity index is 1.56. The Morgan fingerprint density at radius 1 is 0.610 bits per heavy atom. The van der Waals surface area contributed by atoms with Crippen LogP contribution in [-0.2, 0) is 30.9 Å². The van der Waals surface area contributed by atoms with E-state index in [1.54, 1.807) is 0 Å². The summed E-state index contributed by atoms with van der Waals surface area (Å²) in [6.45, 7) is 3.13. The molecule has 0 unspecified atom stereocenters. The summed E-state index contributed by atoms with van der Waals surface area (Å²) in [5.41, 5.74) is 12.3. The number of methoxy groups -OCH3 is 1. The minimum Gasteiger partial charge on any atom is -0.491 e. The van der Waals surface area contributed by atoms with Crippen LogP contribution in [0, 0.1) is 0 Å². The topological polar surface area (TPSA) is 21.7 Å². The van der Waals surface area contributed by atoms with Gasteiger partial charge in [0.2, 0.25) is 0 Å². The molecule has 0 saturated carbocycles. The SMILES string of the molecule is COCc1c2c(-c3ccccc3)c3c(c1-c1ccccc1)CN(C3)c1ccccc1OCCCCCCCCCC2. The second-order valence-corrected chi connectivity index (χ2v) is 11.6. The Hall–Kier alpha value is -3.56. The van der Waals surface area contributed by atoms with E-state index in [0.717, 1.165) is 38.3 Å². The lowest BCUT2D eigenvalue weighted by atomic mass is 9.81. The Labute approximate surface area is 246 Å². The van der Waals surface area contributed by atoms with Crippen molar-refractivity contribution < 1.29 is 9.47 Å². The molecule has 2 heterocycles. The van der Waals surface area contributed by atoms with Crippen molar-refractivity contribution in [3.63, 3.8) is 0 Å². The Kier molecular flexibility index (Phi) is 9.02. The van der Waals surface area contributed by atoms with Gasteiger partial charge in [-0.15, -0.1) is 0 Å². The van der Waals surface area contributed by atoms with Gasteiger partial charge >= 0.3 is 0 Å². The summed E-state index contributed by atoms with van der Waals surface area (Å²) in [6.07, 6.45) is 11.2. The lowest BCUT2D eigenvalue weighted by Gasteiger charge is -2.24. The molecule has 4 aromatic rings. The lowest BCUT2D eigenvalue weighted by molar-refractivity contribution is 0.184. The minimum absolute atomic E-state index is 0.617. The molecule has 212 valence electrons. The number of para-hydroxylation sites is 2. The summed E-state index contributed by atoms with van der Waals surface area (Å²) in [5.74, 6) is 1.00. The van der Waals surface area contributed by atoms with Crippen molar-refractivity contribution in [2.24, 2.45) is 0 Å². The number of anilines is 1. The highest BCUT2D eigenvalue weighted by molar-refractivity contribution is 5.85. The van der Waals surface area contributed by atoms with E-state index in [9.17, 15) is 0 Å². The molecule has 2 aliphatic rings. The van der Waals surface area contributed by atoms with Gasteiger partial charge in [-0.2, -0.15) is 0 Å². The molecule has 0 amide bonds. The van der Waals surface area contributed by atoms with E-state index < -0.39 is 0 Å². The first-order valence-corrected chi connectivity index (χ1v) is 15.6. The monoisotopic (exact) mass is 545 g/mol. The van der Waals surface area contributed by atoms with Crippen molar-refractivity contribution in [3.8, 4) is 28.0 Å². The van der Waals surface area contributed by atoms with Gasteiger partial charge in [0, 0.05) is 20.2 Å². The predicted octanol–water partition coefficient (Wildman–Crippen LogP) is 9.74. The molecule has 0 saturated heterocycles. The molecule has 0 aromatic heterocycles.